The molecule has 0 unspecified atom stereocenters. The van der Waals surface area contributed by atoms with Gasteiger partial charge in [0.2, 0.25) is 5.88 Å². The molecular weight excluding hydrogens is 392 g/mol. The minimum atomic E-state index is -1.11. The van der Waals surface area contributed by atoms with Gasteiger partial charge in [-0.25, -0.2) is 13.5 Å². The van der Waals surface area contributed by atoms with Gasteiger partial charge in [-0.15, -0.1) is 5.10 Å². The number of nitrogens with zero attached hydrogens (tertiary/aromatic N) is 3. The predicted molar refractivity (Wildman–Crippen MR) is 106 cm³/mol. The number of benzene rings is 2. The van der Waals surface area contributed by atoms with E-state index in [4.69, 9.17) is 15.1 Å². The van der Waals surface area contributed by atoms with E-state index in [1.165, 1.54) is 28.9 Å². The van der Waals surface area contributed by atoms with E-state index in [9.17, 15) is 13.6 Å². The molecule has 1 aromatic heterocycles. The summed E-state index contributed by atoms with van der Waals surface area (Å²) in [5.74, 6) is -2.10. The van der Waals surface area contributed by atoms with Crippen molar-refractivity contribution in [2.24, 2.45) is 0 Å². The Morgan fingerprint density at radius 3 is 2.50 bits per heavy atom. The molecule has 0 fully saturated rings. The van der Waals surface area contributed by atoms with Crippen molar-refractivity contribution in [3.05, 3.63) is 76.5 Å². The Labute approximate surface area is 173 Å². The monoisotopic (exact) mass is 413 g/mol. The Hall–Kier alpha value is -3.73. The van der Waals surface area contributed by atoms with Crippen molar-refractivity contribution < 1.29 is 23.4 Å². The van der Waals surface area contributed by atoms with E-state index in [2.05, 4.69) is 5.10 Å². The van der Waals surface area contributed by atoms with Gasteiger partial charge in [0.25, 0.3) is 0 Å². The molecule has 0 saturated carbocycles. The maximum Gasteiger partial charge on any atom is 0.307 e. The van der Waals surface area contributed by atoms with Crippen LogP contribution in [-0.4, -0.2) is 20.9 Å². The summed E-state index contributed by atoms with van der Waals surface area (Å²) in [7, 11) is 0. The first-order chi connectivity index (χ1) is 14.4. The smallest absolute Gasteiger partial charge is 0.307 e. The van der Waals surface area contributed by atoms with E-state index in [0.29, 0.717) is 11.3 Å². The molecule has 0 radical (unpaired) electrons. The summed E-state index contributed by atoms with van der Waals surface area (Å²) in [6.07, 6.45) is 1.15. The molecule has 1 N–H and O–H groups in total. The van der Waals surface area contributed by atoms with Crippen molar-refractivity contribution in [2.45, 2.75) is 33.8 Å². The molecule has 6 nitrogen and oxygen atoms in total. The highest BCUT2D eigenvalue weighted by molar-refractivity contribution is 5.70. The molecule has 0 bridgehead atoms. The van der Waals surface area contributed by atoms with Gasteiger partial charge in [-0.1, -0.05) is 26.0 Å². The minimum absolute atomic E-state index is 0.0839. The first-order valence-electron chi connectivity index (χ1n) is 9.25. The van der Waals surface area contributed by atoms with Gasteiger partial charge >= 0.3 is 5.97 Å². The van der Waals surface area contributed by atoms with Crippen LogP contribution in [-0.2, 0) is 17.8 Å². The number of aryl methyl sites for hydroxylation is 1. The maximum absolute atomic E-state index is 14.2. The van der Waals surface area contributed by atoms with E-state index in [0.717, 1.165) is 6.07 Å². The highest BCUT2D eigenvalue weighted by Crippen LogP contribution is 2.21. The number of hydrogen-bond acceptors (Lipinski definition) is 4. The lowest BCUT2D eigenvalue weighted by Crippen LogP contribution is -2.06. The van der Waals surface area contributed by atoms with Crippen LogP contribution in [0.15, 0.2) is 42.6 Å². The number of nitriles is 1. The van der Waals surface area contributed by atoms with Crippen LogP contribution in [0.5, 0.6) is 5.88 Å². The van der Waals surface area contributed by atoms with E-state index >= 15 is 0 Å². The number of aliphatic carboxylic acids is 1. The fourth-order valence-electron chi connectivity index (χ4n) is 2.68. The first kappa shape index (κ1) is 22.6. The van der Waals surface area contributed by atoms with Crippen LogP contribution in [0.25, 0.3) is 5.69 Å². The van der Waals surface area contributed by atoms with Crippen LogP contribution in [0.2, 0.25) is 0 Å². The van der Waals surface area contributed by atoms with Crippen molar-refractivity contribution in [1.82, 2.24) is 9.78 Å². The zero-order valence-electron chi connectivity index (χ0n) is 16.8. The molecule has 0 aliphatic rings. The van der Waals surface area contributed by atoms with E-state index in [-0.39, 0.29) is 29.2 Å². The molecule has 2 aromatic carbocycles. The molecule has 0 atom stereocenters. The summed E-state index contributed by atoms with van der Waals surface area (Å²) in [4.78, 5) is 10.8. The number of aromatic nitrogens is 2. The molecule has 0 aliphatic heterocycles. The SMILES string of the molecule is CC.Cc1cc(CC(=O)O)c(F)cc1-n1ccc(OCc2ccc(C#N)cc2F)n1. The lowest BCUT2D eigenvalue weighted by molar-refractivity contribution is -0.136. The van der Waals surface area contributed by atoms with Gasteiger partial charge in [0, 0.05) is 23.9 Å². The largest absolute Gasteiger partial charge is 0.481 e. The summed E-state index contributed by atoms with van der Waals surface area (Å²) in [6, 6.07) is 10.2. The van der Waals surface area contributed by atoms with Crippen molar-refractivity contribution in [3.63, 3.8) is 0 Å². The molecule has 0 spiro atoms. The number of carbonyl (C=O) groups is 1. The predicted octanol–water partition coefficient (Wildman–Crippen LogP) is 4.56. The Morgan fingerprint density at radius 2 is 1.87 bits per heavy atom. The zero-order valence-corrected chi connectivity index (χ0v) is 16.8. The molecule has 3 rings (SSSR count). The van der Waals surface area contributed by atoms with Crippen molar-refractivity contribution in [1.29, 1.82) is 5.26 Å². The third kappa shape index (κ3) is 5.41. The topological polar surface area (TPSA) is 88.1 Å². The second kappa shape index (κ2) is 10.2. The van der Waals surface area contributed by atoms with Crippen molar-refractivity contribution in [2.75, 3.05) is 0 Å². The summed E-state index contributed by atoms with van der Waals surface area (Å²) in [5, 5.41) is 21.8. The normalized spacial score (nSPS) is 10.0. The summed E-state index contributed by atoms with van der Waals surface area (Å²) in [5.41, 5.74) is 1.66. The summed E-state index contributed by atoms with van der Waals surface area (Å²) >= 11 is 0. The average molecular weight is 413 g/mol. The van der Waals surface area contributed by atoms with Gasteiger partial charge in [-0.2, -0.15) is 5.26 Å². The molecule has 156 valence electrons. The number of carboxylic acids is 1. The lowest BCUT2D eigenvalue weighted by atomic mass is 10.1. The summed E-state index contributed by atoms with van der Waals surface area (Å²) in [6.45, 7) is 5.63. The van der Waals surface area contributed by atoms with Gasteiger partial charge in [0.1, 0.15) is 18.2 Å². The Bertz CT molecular complexity index is 1090. The fourth-order valence-corrected chi connectivity index (χ4v) is 2.68. The van der Waals surface area contributed by atoms with Gasteiger partial charge in [0.05, 0.1) is 23.7 Å². The molecule has 0 aliphatic carbocycles. The van der Waals surface area contributed by atoms with Gasteiger partial charge in [0.15, 0.2) is 0 Å². The standard InChI is InChI=1S/C20H15F2N3O3.C2H6/c1-12-6-15(8-20(26)27)17(22)9-18(12)25-5-4-19(24-25)28-11-14-3-2-13(10-23)7-16(14)21;1-2/h2-7,9H,8,11H2,1H3,(H,26,27);1-2H3. The fraction of sp³-hybridized carbons (Fsp3) is 0.227. The molecule has 1 heterocycles. The Morgan fingerprint density at radius 1 is 1.17 bits per heavy atom. The third-order valence-corrected chi connectivity index (χ3v) is 4.08. The zero-order chi connectivity index (χ0) is 22.3. The van der Waals surface area contributed by atoms with E-state index in [1.807, 2.05) is 19.9 Å². The maximum atomic E-state index is 14.2. The molecule has 0 saturated heterocycles. The lowest BCUT2D eigenvalue weighted by Gasteiger charge is -2.09. The Balaban J connectivity index is 0.00000155. The molecule has 0 amide bonds. The second-order valence-electron chi connectivity index (χ2n) is 6.11. The number of carboxylic acid groups (broad SMARTS) is 1. The number of rotatable bonds is 6. The number of hydrogen-bond donors (Lipinski definition) is 1. The van der Waals surface area contributed by atoms with Gasteiger partial charge in [-0.05, 0) is 30.2 Å². The molecule has 30 heavy (non-hydrogen) atoms. The quantitative estimate of drug-likeness (QED) is 0.640. The van der Waals surface area contributed by atoms with Gasteiger partial charge < -0.3 is 9.84 Å². The first-order valence-corrected chi connectivity index (χ1v) is 9.25. The van der Waals surface area contributed by atoms with Crippen LogP contribution in [0.3, 0.4) is 0 Å². The van der Waals surface area contributed by atoms with E-state index in [1.54, 1.807) is 19.2 Å². The summed E-state index contributed by atoms with van der Waals surface area (Å²) < 4.78 is 34.9. The molecule has 8 heteroatoms. The van der Waals surface area contributed by atoms with Crippen LogP contribution < -0.4 is 4.74 Å². The molecule has 3 aromatic rings. The van der Waals surface area contributed by atoms with Crippen LogP contribution in [0.1, 0.15) is 36.1 Å². The van der Waals surface area contributed by atoms with Crippen molar-refractivity contribution in [3.8, 4) is 17.6 Å². The molecular formula is C22H21F2N3O3. The highest BCUT2D eigenvalue weighted by Gasteiger charge is 2.13. The Kier molecular flexibility index (Phi) is 7.64. The van der Waals surface area contributed by atoms with Crippen LogP contribution >= 0.6 is 0 Å². The average Bonchev–Trinajstić information content (AvgIpc) is 3.19. The van der Waals surface area contributed by atoms with Crippen molar-refractivity contribution >= 4 is 5.97 Å². The second-order valence-corrected chi connectivity index (χ2v) is 6.11. The number of ether oxygens (including phenoxy) is 1. The highest BCUT2D eigenvalue weighted by atomic mass is 19.1. The van der Waals surface area contributed by atoms with E-state index < -0.39 is 24.0 Å². The number of halogens is 2. The minimum Gasteiger partial charge on any atom is -0.481 e. The third-order valence-electron chi connectivity index (χ3n) is 4.08. The van der Waals surface area contributed by atoms with Crippen LogP contribution in [0.4, 0.5) is 8.78 Å². The van der Waals surface area contributed by atoms with Gasteiger partial charge in [-0.3, -0.25) is 4.79 Å². The van der Waals surface area contributed by atoms with Crippen LogP contribution in [0, 0.1) is 29.9 Å².